The van der Waals surface area contributed by atoms with Crippen LogP contribution in [0, 0.1) is 16.7 Å². The molecule has 3 aliphatic rings. The summed E-state index contributed by atoms with van der Waals surface area (Å²) in [4.78, 5) is 0. The van der Waals surface area contributed by atoms with Crippen molar-refractivity contribution in [3.05, 3.63) is 0 Å². The van der Waals surface area contributed by atoms with Crippen molar-refractivity contribution < 1.29 is 4.74 Å². The lowest BCUT2D eigenvalue weighted by Crippen LogP contribution is -2.55. The third-order valence-electron chi connectivity index (χ3n) is 7.86. The summed E-state index contributed by atoms with van der Waals surface area (Å²) in [5.41, 5.74) is 0.991. The standard InChI is InChI=1S/C15H27BO/c1-6-14-9-11-13(5,17-11)12(3,4)15(14,16)8-7-10(14)2/h10-11H,6-9,16H2,1-5H3/t10?,11?,13?,14-,15?/m1/s1. The molecule has 0 radical (unpaired) electrons. The molecule has 96 valence electrons. The Bertz CT molecular complexity index is 366. The smallest absolute Gasteiger partial charge is 0.111 e. The summed E-state index contributed by atoms with van der Waals surface area (Å²) in [5, 5.41) is 0.454. The Kier molecular flexibility index (Phi) is 2.10. The van der Waals surface area contributed by atoms with E-state index in [2.05, 4.69) is 42.5 Å². The van der Waals surface area contributed by atoms with E-state index in [9.17, 15) is 0 Å². The Morgan fingerprint density at radius 3 is 2.53 bits per heavy atom. The minimum atomic E-state index is 0.157. The monoisotopic (exact) mass is 234 g/mol. The van der Waals surface area contributed by atoms with Crippen molar-refractivity contribution in [1.82, 2.24) is 0 Å². The predicted molar refractivity (Wildman–Crippen MR) is 74.0 cm³/mol. The van der Waals surface area contributed by atoms with Gasteiger partial charge in [0.25, 0.3) is 0 Å². The van der Waals surface area contributed by atoms with Crippen LogP contribution >= 0.6 is 0 Å². The molecule has 0 aromatic heterocycles. The summed E-state index contributed by atoms with van der Waals surface area (Å²) in [6.45, 7) is 12.2. The topological polar surface area (TPSA) is 12.5 Å². The number of ether oxygens (including phenoxy) is 1. The maximum absolute atomic E-state index is 6.16. The van der Waals surface area contributed by atoms with Gasteiger partial charge in [-0.1, -0.05) is 47.0 Å². The van der Waals surface area contributed by atoms with Gasteiger partial charge in [-0.2, -0.15) is 0 Å². The minimum Gasteiger partial charge on any atom is -0.366 e. The molecule has 5 atom stereocenters. The molecule has 0 spiro atoms. The highest BCUT2D eigenvalue weighted by Crippen LogP contribution is 2.80. The van der Waals surface area contributed by atoms with Crippen LogP contribution in [-0.2, 0) is 4.74 Å². The molecule has 0 N–H and O–H groups in total. The van der Waals surface area contributed by atoms with Gasteiger partial charge >= 0.3 is 0 Å². The van der Waals surface area contributed by atoms with E-state index in [1.807, 2.05) is 0 Å². The van der Waals surface area contributed by atoms with Crippen LogP contribution < -0.4 is 0 Å². The van der Waals surface area contributed by atoms with Crippen LogP contribution in [0.3, 0.4) is 0 Å². The summed E-state index contributed by atoms with van der Waals surface area (Å²) in [6, 6.07) is 0. The van der Waals surface area contributed by atoms with Gasteiger partial charge in [0.1, 0.15) is 7.85 Å². The van der Waals surface area contributed by atoms with Crippen LogP contribution in [0.5, 0.6) is 0 Å². The summed E-state index contributed by atoms with van der Waals surface area (Å²) < 4.78 is 6.16. The quantitative estimate of drug-likeness (QED) is 0.501. The Balaban J connectivity index is 2.14. The molecule has 3 fully saturated rings. The average molecular weight is 234 g/mol. The van der Waals surface area contributed by atoms with Gasteiger partial charge in [0.05, 0.1) is 11.7 Å². The SMILES string of the molecule is BC12CCC(C)[C@@]1(CC)CC1OC1(C)C2(C)C. The molecule has 0 bridgehead atoms. The normalized spacial score (nSPS) is 59.6. The summed E-state index contributed by atoms with van der Waals surface area (Å²) >= 11 is 0. The van der Waals surface area contributed by atoms with Crippen molar-refractivity contribution in [2.24, 2.45) is 16.7 Å². The zero-order valence-electron chi connectivity index (χ0n) is 12.4. The van der Waals surface area contributed by atoms with Crippen molar-refractivity contribution in [3.63, 3.8) is 0 Å². The number of rotatable bonds is 1. The molecule has 1 nitrogen and oxygen atoms in total. The van der Waals surface area contributed by atoms with E-state index in [1.54, 1.807) is 0 Å². The average Bonchev–Trinajstić information content (AvgIpc) is 2.86. The van der Waals surface area contributed by atoms with Crippen molar-refractivity contribution in [2.75, 3.05) is 0 Å². The van der Waals surface area contributed by atoms with Gasteiger partial charge < -0.3 is 4.74 Å². The number of epoxide rings is 1. The van der Waals surface area contributed by atoms with E-state index in [0.717, 1.165) is 5.92 Å². The highest BCUT2D eigenvalue weighted by Gasteiger charge is 2.77. The Morgan fingerprint density at radius 1 is 1.29 bits per heavy atom. The largest absolute Gasteiger partial charge is 0.366 e. The molecule has 4 unspecified atom stereocenters. The van der Waals surface area contributed by atoms with E-state index in [0.29, 0.717) is 22.2 Å². The van der Waals surface area contributed by atoms with E-state index in [-0.39, 0.29) is 5.60 Å². The molecular weight excluding hydrogens is 207 g/mol. The molecule has 1 heterocycles. The molecule has 0 amide bonds. The second kappa shape index (κ2) is 2.95. The van der Waals surface area contributed by atoms with E-state index in [4.69, 9.17) is 4.74 Å². The van der Waals surface area contributed by atoms with Crippen LogP contribution in [0.2, 0.25) is 5.31 Å². The maximum atomic E-state index is 6.16. The third kappa shape index (κ3) is 1.00. The molecule has 0 aromatic rings. The lowest BCUT2D eigenvalue weighted by Gasteiger charge is -2.59. The highest BCUT2D eigenvalue weighted by molar-refractivity contribution is 6.17. The fourth-order valence-corrected chi connectivity index (χ4v) is 5.74. The molecule has 17 heavy (non-hydrogen) atoms. The second-order valence-corrected chi connectivity index (χ2v) is 7.82. The van der Waals surface area contributed by atoms with Crippen LogP contribution in [0.4, 0.5) is 0 Å². The zero-order valence-corrected chi connectivity index (χ0v) is 12.4. The zero-order chi connectivity index (χ0) is 12.7. The van der Waals surface area contributed by atoms with Crippen LogP contribution in [0.1, 0.15) is 60.3 Å². The molecule has 0 aromatic carbocycles. The fraction of sp³-hybridized carbons (Fsp3) is 1.00. The Hall–Kier alpha value is 0.0249. The van der Waals surface area contributed by atoms with Gasteiger partial charge in [-0.05, 0) is 35.4 Å². The van der Waals surface area contributed by atoms with Gasteiger partial charge in [-0.25, -0.2) is 0 Å². The summed E-state index contributed by atoms with van der Waals surface area (Å²) in [5.74, 6) is 0.866. The first kappa shape index (κ1) is 12.1. The van der Waals surface area contributed by atoms with Gasteiger partial charge in [0, 0.05) is 0 Å². The first-order valence-electron chi connectivity index (χ1n) is 7.43. The number of hydrogen-bond donors (Lipinski definition) is 0. The summed E-state index contributed by atoms with van der Waals surface area (Å²) in [7, 11) is 2.56. The molecular formula is C15H27BO. The third-order valence-corrected chi connectivity index (χ3v) is 7.86. The second-order valence-electron chi connectivity index (χ2n) is 7.82. The van der Waals surface area contributed by atoms with Crippen molar-refractivity contribution in [1.29, 1.82) is 0 Å². The van der Waals surface area contributed by atoms with E-state index < -0.39 is 0 Å². The number of fused-ring (bicyclic) bond motifs is 2. The lowest BCUT2D eigenvalue weighted by molar-refractivity contribution is -0.00884. The lowest BCUT2D eigenvalue weighted by atomic mass is 9.35. The first-order valence-corrected chi connectivity index (χ1v) is 7.43. The molecule has 2 heteroatoms. The highest BCUT2D eigenvalue weighted by atomic mass is 16.6. The predicted octanol–water partition coefficient (Wildman–Crippen LogP) is 3.19. The van der Waals surface area contributed by atoms with Crippen molar-refractivity contribution >= 4 is 7.85 Å². The first-order chi connectivity index (χ1) is 7.75. The minimum absolute atomic E-state index is 0.157. The number of hydrogen-bond acceptors (Lipinski definition) is 1. The Morgan fingerprint density at radius 2 is 1.94 bits per heavy atom. The van der Waals surface area contributed by atoms with Gasteiger partial charge in [0.15, 0.2) is 0 Å². The van der Waals surface area contributed by atoms with Gasteiger partial charge in [-0.3, -0.25) is 0 Å². The molecule has 1 saturated heterocycles. The van der Waals surface area contributed by atoms with Crippen LogP contribution in [-0.4, -0.2) is 19.6 Å². The van der Waals surface area contributed by atoms with Gasteiger partial charge in [-0.15, -0.1) is 0 Å². The maximum Gasteiger partial charge on any atom is 0.111 e. The van der Waals surface area contributed by atoms with Crippen molar-refractivity contribution in [3.8, 4) is 0 Å². The van der Waals surface area contributed by atoms with Crippen LogP contribution in [0.15, 0.2) is 0 Å². The van der Waals surface area contributed by atoms with Crippen molar-refractivity contribution in [2.45, 2.75) is 77.3 Å². The molecule has 2 saturated carbocycles. The molecule has 3 rings (SSSR count). The fourth-order valence-electron chi connectivity index (χ4n) is 5.74. The Labute approximate surface area is 107 Å². The molecule has 1 aliphatic heterocycles. The van der Waals surface area contributed by atoms with Gasteiger partial charge in [0.2, 0.25) is 0 Å². The summed E-state index contributed by atoms with van der Waals surface area (Å²) in [6.07, 6.45) is 5.97. The molecule has 2 aliphatic carbocycles. The van der Waals surface area contributed by atoms with Crippen LogP contribution in [0.25, 0.3) is 0 Å². The van der Waals surface area contributed by atoms with E-state index >= 15 is 0 Å². The van der Waals surface area contributed by atoms with E-state index in [1.165, 1.54) is 25.7 Å².